The van der Waals surface area contributed by atoms with E-state index in [4.69, 9.17) is 0 Å². The lowest BCUT2D eigenvalue weighted by Gasteiger charge is -2.38. The van der Waals surface area contributed by atoms with Gasteiger partial charge in [0.2, 0.25) is 0 Å². The largest absolute Gasteiger partial charge is 0.352 e. The van der Waals surface area contributed by atoms with Crippen molar-refractivity contribution in [3.63, 3.8) is 0 Å². The van der Waals surface area contributed by atoms with Crippen LogP contribution < -0.4 is 4.90 Å². The first kappa shape index (κ1) is 23.5. The van der Waals surface area contributed by atoms with Gasteiger partial charge < -0.3 is 4.90 Å². The number of anilines is 1. The number of Topliss-reactive ketones (excluding diaryl/α,β-unsaturated/α-hetero) is 3. The van der Waals surface area contributed by atoms with Crippen LogP contribution in [0.3, 0.4) is 0 Å². The van der Waals surface area contributed by atoms with Crippen molar-refractivity contribution in [3.05, 3.63) is 107 Å². The molecule has 37 heavy (non-hydrogen) atoms. The van der Waals surface area contributed by atoms with Crippen molar-refractivity contribution in [2.75, 3.05) is 4.90 Å². The lowest BCUT2D eigenvalue weighted by Crippen LogP contribution is -2.49. The molecule has 6 heteroatoms. The molecular formula is C31H25F2NO3. The summed E-state index contributed by atoms with van der Waals surface area (Å²) in [4.78, 5) is 44.8. The van der Waals surface area contributed by atoms with E-state index in [0.717, 1.165) is 0 Å². The smallest absolute Gasteiger partial charge is 0.180 e. The predicted molar refractivity (Wildman–Crippen MR) is 137 cm³/mol. The van der Waals surface area contributed by atoms with Gasteiger partial charge in [0, 0.05) is 33.7 Å². The van der Waals surface area contributed by atoms with Crippen LogP contribution in [0.25, 0.3) is 6.08 Å². The fraction of sp³-hybridized carbons (Fsp3) is 0.258. The molecule has 3 aliphatic rings. The first-order valence-corrected chi connectivity index (χ1v) is 12.3. The molecule has 186 valence electrons. The van der Waals surface area contributed by atoms with Crippen molar-refractivity contribution in [1.82, 2.24) is 0 Å². The molecule has 0 N–H and O–H groups in total. The Morgan fingerprint density at radius 2 is 1.51 bits per heavy atom. The second-order valence-corrected chi connectivity index (χ2v) is 11.0. The maximum Gasteiger partial charge on any atom is 0.180 e. The molecular weight excluding hydrogens is 472 g/mol. The summed E-state index contributed by atoms with van der Waals surface area (Å²) in [6.45, 7) is 5.31. The Balaban J connectivity index is 1.72. The molecule has 6 rings (SSSR count). The molecule has 2 heterocycles. The van der Waals surface area contributed by atoms with Crippen LogP contribution in [0.4, 0.5) is 14.5 Å². The number of fused-ring (bicyclic) bond motifs is 5. The molecule has 0 amide bonds. The van der Waals surface area contributed by atoms with E-state index in [-0.39, 0.29) is 22.5 Å². The molecule has 3 unspecified atom stereocenters. The highest BCUT2D eigenvalue weighted by Crippen LogP contribution is 2.61. The normalized spacial score (nSPS) is 23.3. The number of carbonyl (C=O) groups is 3. The van der Waals surface area contributed by atoms with Gasteiger partial charge >= 0.3 is 0 Å². The maximum absolute atomic E-state index is 15.6. The van der Waals surface area contributed by atoms with Crippen LogP contribution in [-0.4, -0.2) is 29.4 Å². The van der Waals surface area contributed by atoms with Crippen LogP contribution in [-0.2, 0) is 4.79 Å². The third kappa shape index (κ3) is 3.02. The van der Waals surface area contributed by atoms with Gasteiger partial charge in [-0.25, -0.2) is 8.78 Å². The summed E-state index contributed by atoms with van der Waals surface area (Å²) in [5, 5.41) is 0. The molecule has 3 atom stereocenters. The number of hydrogen-bond acceptors (Lipinski definition) is 4. The highest BCUT2D eigenvalue weighted by atomic mass is 19.1. The van der Waals surface area contributed by atoms with Crippen molar-refractivity contribution in [3.8, 4) is 0 Å². The molecule has 4 nitrogen and oxygen atoms in total. The average Bonchev–Trinajstić information content (AvgIpc) is 3.29. The van der Waals surface area contributed by atoms with Crippen LogP contribution >= 0.6 is 0 Å². The van der Waals surface area contributed by atoms with Crippen molar-refractivity contribution < 1.29 is 23.2 Å². The van der Waals surface area contributed by atoms with Gasteiger partial charge in [0.15, 0.2) is 17.3 Å². The average molecular weight is 498 g/mol. The monoisotopic (exact) mass is 497 g/mol. The second kappa shape index (κ2) is 7.78. The summed E-state index contributed by atoms with van der Waals surface area (Å²) < 4.78 is 29.8. The van der Waals surface area contributed by atoms with Crippen LogP contribution in [0.1, 0.15) is 58.5 Å². The number of benzene rings is 3. The number of nitrogens with zero attached hydrogens (tertiary/aromatic N) is 1. The van der Waals surface area contributed by atoms with E-state index in [1.165, 1.54) is 18.2 Å². The van der Waals surface area contributed by atoms with Gasteiger partial charge in [0.25, 0.3) is 0 Å². The molecule has 1 saturated heterocycles. The molecule has 0 bridgehead atoms. The first-order chi connectivity index (χ1) is 17.6. The van der Waals surface area contributed by atoms with Crippen molar-refractivity contribution in [1.29, 1.82) is 0 Å². The fourth-order valence-electron chi connectivity index (χ4n) is 6.46. The van der Waals surface area contributed by atoms with Crippen LogP contribution in [0, 0.1) is 22.5 Å². The van der Waals surface area contributed by atoms with Gasteiger partial charge in [-0.05, 0) is 29.8 Å². The molecule has 2 aliphatic heterocycles. The van der Waals surface area contributed by atoms with Gasteiger partial charge in [-0.2, -0.15) is 0 Å². The van der Waals surface area contributed by atoms with Crippen LogP contribution in [0.5, 0.6) is 0 Å². The van der Waals surface area contributed by atoms with E-state index in [1.54, 1.807) is 86.4 Å². The highest BCUT2D eigenvalue weighted by Gasteiger charge is 2.72. The molecule has 0 radical (unpaired) electrons. The summed E-state index contributed by atoms with van der Waals surface area (Å²) in [6, 6.07) is 15.0. The molecule has 1 spiro atoms. The minimum atomic E-state index is -1.76. The van der Waals surface area contributed by atoms with Gasteiger partial charge in [-0.1, -0.05) is 75.4 Å². The SMILES string of the molecule is CC(C)(C)C(=O)C1C(c2ccccc2F)C2(C(=O)c3ccccc3C2=O)C2C=Cc3cc(F)ccc3N12. The van der Waals surface area contributed by atoms with E-state index in [1.807, 2.05) is 0 Å². The zero-order valence-corrected chi connectivity index (χ0v) is 20.7. The van der Waals surface area contributed by atoms with E-state index < -0.39 is 52.0 Å². The fourth-order valence-corrected chi connectivity index (χ4v) is 6.46. The Labute approximate surface area is 213 Å². The zero-order valence-electron chi connectivity index (χ0n) is 20.7. The molecule has 0 saturated carbocycles. The molecule has 0 aromatic heterocycles. The van der Waals surface area contributed by atoms with E-state index >= 15 is 4.39 Å². The topological polar surface area (TPSA) is 54.5 Å². The first-order valence-electron chi connectivity index (χ1n) is 12.3. The van der Waals surface area contributed by atoms with Crippen LogP contribution in [0.15, 0.2) is 72.8 Å². The van der Waals surface area contributed by atoms with Gasteiger partial charge in [0.05, 0.1) is 12.1 Å². The Kier molecular flexibility index (Phi) is 4.94. The number of halogens is 2. The summed E-state index contributed by atoms with van der Waals surface area (Å²) in [5.74, 6) is -3.20. The van der Waals surface area contributed by atoms with Gasteiger partial charge in [0.1, 0.15) is 17.0 Å². The van der Waals surface area contributed by atoms with E-state index in [2.05, 4.69) is 0 Å². The Morgan fingerprint density at radius 1 is 0.892 bits per heavy atom. The van der Waals surface area contributed by atoms with E-state index in [9.17, 15) is 18.8 Å². The maximum atomic E-state index is 15.6. The van der Waals surface area contributed by atoms with Crippen LogP contribution in [0.2, 0.25) is 0 Å². The highest BCUT2D eigenvalue weighted by molar-refractivity contribution is 6.32. The number of ketones is 3. The summed E-state index contributed by atoms with van der Waals surface area (Å²) >= 11 is 0. The number of hydrogen-bond donors (Lipinski definition) is 0. The third-order valence-corrected chi connectivity index (χ3v) is 8.01. The van der Waals surface area contributed by atoms with Crippen molar-refractivity contribution >= 4 is 29.1 Å². The predicted octanol–water partition coefficient (Wildman–Crippen LogP) is 6.01. The lowest BCUT2D eigenvalue weighted by molar-refractivity contribution is -0.127. The standard InChI is InChI=1S/C31H25F2NO3/c1-30(2,3)29(37)26-25(21-10-6-7-11-22(21)33)31(27(35)19-8-4-5-9-20(19)28(31)36)24-15-12-17-16-18(32)13-14-23(17)34(24)26/h4-16,24-26H,1-3H3. The second-order valence-electron chi connectivity index (χ2n) is 11.0. The third-order valence-electron chi connectivity index (χ3n) is 8.01. The molecule has 3 aromatic carbocycles. The quantitative estimate of drug-likeness (QED) is 0.407. The molecule has 3 aromatic rings. The Hall–Kier alpha value is -3.93. The van der Waals surface area contributed by atoms with Crippen molar-refractivity contribution in [2.45, 2.75) is 38.8 Å². The zero-order chi connectivity index (χ0) is 26.3. The Bertz CT molecular complexity index is 1500. The Morgan fingerprint density at radius 3 is 2.14 bits per heavy atom. The van der Waals surface area contributed by atoms with Gasteiger partial charge in [-0.3, -0.25) is 14.4 Å². The van der Waals surface area contributed by atoms with Gasteiger partial charge in [-0.15, -0.1) is 0 Å². The summed E-state index contributed by atoms with van der Waals surface area (Å²) in [6.07, 6.45) is 3.39. The number of carbonyl (C=O) groups excluding carboxylic acids is 3. The van der Waals surface area contributed by atoms with Crippen molar-refractivity contribution in [2.24, 2.45) is 10.8 Å². The van der Waals surface area contributed by atoms with E-state index in [0.29, 0.717) is 11.3 Å². The molecule has 1 aliphatic carbocycles. The summed E-state index contributed by atoms with van der Waals surface area (Å²) in [5.41, 5.74) is -0.879. The lowest BCUT2D eigenvalue weighted by atomic mass is 9.63. The number of rotatable bonds is 2. The molecule has 1 fully saturated rings. The minimum Gasteiger partial charge on any atom is -0.352 e. The minimum absolute atomic E-state index is 0.145. The summed E-state index contributed by atoms with van der Waals surface area (Å²) in [7, 11) is 0.